The monoisotopic (exact) mass is 530 g/mol. The number of nitrogens with zero attached hydrogens (tertiary/aromatic N) is 2. The van der Waals surface area contributed by atoms with E-state index in [0.29, 0.717) is 0 Å². The van der Waals surface area contributed by atoms with Crippen LogP contribution in [-0.4, -0.2) is 64.7 Å². The molecule has 0 saturated carbocycles. The molecular formula is C28H42N4O4S. The van der Waals surface area contributed by atoms with Crippen molar-refractivity contribution in [3.8, 4) is 16.2 Å². The summed E-state index contributed by atoms with van der Waals surface area (Å²) in [5, 5.41) is 16.6. The maximum atomic E-state index is 13.2. The van der Waals surface area contributed by atoms with Crippen LogP contribution in [0.15, 0.2) is 29.9 Å². The molecular weight excluding hydrogens is 488 g/mol. The van der Waals surface area contributed by atoms with Crippen LogP contribution in [0.2, 0.25) is 0 Å². The number of aliphatic hydroxyl groups is 1. The van der Waals surface area contributed by atoms with Gasteiger partial charge in [0.25, 0.3) is 0 Å². The highest BCUT2D eigenvalue weighted by atomic mass is 32.1. The molecule has 2 fully saturated rings. The van der Waals surface area contributed by atoms with Gasteiger partial charge >= 0.3 is 0 Å². The Bertz CT molecular complexity index is 1010. The third kappa shape index (κ3) is 7.52. The van der Waals surface area contributed by atoms with Crippen molar-refractivity contribution in [2.45, 2.75) is 78.7 Å². The molecule has 0 spiro atoms. The highest BCUT2D eigenvalue weighted by Gasteiger charge is 2.40. The summed E-state index contributed by atoms with van der Waals surface area (Å²) in [5.41, 5.74) is 3.72. The standard InChI is InChI=1S/C26H36N4O4S.C2H6/c1-16(2)17(3)26(33)30-14-20(31)11-22(30)25(32)29-12-19-5-4-18(24-13-28-15-35-24)10-23(19)34-21-6-8-27-9-7-21;1-2/h4-5,10,13,15-17,20-22,27,31H,6-9,11-12,14H2,1-3H3,(H,29,32);1-2H3. The van der Waals surface area contributed by atoms with Crippen molar-refractivity contribution >= 4 is 23.2 Å². The molecule has 37 heavy (non-hydrogen) atoms. The van der Waals surface area contributed by atoms with Crippen LogP contribution in [-0.2, 0) is 16.1 Å². The van der Waals surface area contributed by atoms with E-state index in [2.05, 4.69) is 15.6 Å². The number of hydrogen-bond acceptors (Lipinski definition) is 7. The van der Waals surface area contributed by atoms with Gasteiger partial charge in [0, 0.05) is 37.2 Å². The van der Waals surface area contributed by atoms with Crippen LogP contribution >= 0.6 is 11.3 Å². The van der Waals surface area contributed by atoms with E-state index < -0.39 is 12.1 Å². The first-order valence-corrected chi connectivity index (χ1v) is 14.4. The van der Waals surface area contributed by atoms with Gasteiger partial charge in [0.05, 0.1) is 16.5 Å². The van der Waals surface area contributed by atoms with E-state index in [4.69, 9.17) is 4.74 Å². The fourth-order valence-corrected chi connectivity index (χ4v) is 5.19. The smallest absolute Gasteiger partial charge is 0.243 e. The number of carbonyl (C=O) groups excluding carboxylic acids is 2. The number of amides is 2. The first-order chi connectivity index (χ1) is 17.8. The number of aliphatic hydroxyl groups excluding tert-OH is 1. The molecule has 0 radical (unpaired) electrons. The van der Waals surface area contributed by atoms with E-state index >= 15 is 0 Å². The minimum atomic E-state index is -0.688. The molecule has 2 amide bonds. The van der Waals surface area contributed by atoms with Gasteiger partial charge in [-0.15, -0.1) is 11.3 Å². The number of nitrogens with one attached hydrogen (secondary N) is 2. The molecule has 2 saturated heterocycles. The van der Waals surface area contributed by atoms with Crippen molar-refractivity contribution in [1.29, 1.82) is 0 Å². The zero-order valence-electron chi connectivity index (χ0n) is 22.7. The van der Waals surface area contributed by atoms with Crippen molar-refractivity contribution < 1.29 is 19.4 Å². The van der Waals surface area contributed by atoms with Gasteiger partial charge in [-0.05, 0) is 43.5 Å². The van der Waals surface area contributed by atoms with Gasteiger partial charge < -0.3 is 25.4 Å². The number of β-amino-alcohol motifs (C(OH)–C–C–N with tert-alkyl or cyclic N) is 1. The molecule has 9 heteroatoms. The predicted molar refractivity (Wildman–Crippen MR) is 147 cm³/mol. The van der Waals surface area contributed by atoms with E-state index in [1.54, 1.807) is 21.7 Å². The molecule has 0 aliphatic carbocycles. The average Bonchev–Trinajstić information content (AvgIpc) is 3.59. The number of benzene rings is 1. The number of carbonyl (C=O) groups is 2. The van der Waals surface area contributed by atoms with Crippen LogP contribution in [0.25, 0.3) is 10.4 Å². The van der Waals surface area contributed by atoms with Gasteiger partial charge in [-0.2, -0.15) is 0 Å². The van der Waals surface area contributed by atoms with Crippen molar-refractivity contribution in [2.75, 3.05) is 19.6 Å². The lowest BCUT2D eigenvalue weighted by atomic mass is 9.96. The molecule has 3 atom stereocenters. The summed E-state index contributed by atoms with van der Waals surface area (Å²) in [4.78, 5) is 32.9. The summed E-state index contributed by atoms with van der Waals surface area (Å²) >= 11 is 1.57. The number of piperidine rings is 1. The first-order valence-electron chi connectivity index (χ1n) is 13.5. The Hall–Kier alpha value is -2.49. The number of rotatable bonds is 8. The normalized spacial score (nSPS) is 20.8. The van der Waals surface area contributed by atoms with Crippen LogP contribution < -0.4 is 15.4 Å². The number of aromatic nitrogens is 1. The van der Waals surface area contributed by atoms with Crippen LogP contribution in [0.4, 0.5) is 0 Å². The summed E-state index contributed by atoms with van der Waals surface area (Å²) in [6.07, 6.45) is 3.39. The summed E-state index contributed by atoms with van der Waals surface area (Å²) in [5.74, 6) is 0.386. The molecule has 1 aromatic heterocycles. The van der Waals surface area contributed by atoms with Crippen LogP contribution in [0, 0.1) is 11.8 Å². The number of hydrogen-bond donors (Lipinski definition) is 3. The Morgan fingerprint density at radius 3 is 2.62 bits per heavy atom. The topological polar surface area (TPSA) is 104 Å². The predicted octanol–water partition coefficient (Wildman–Crippen LogP) is 3.84. The van der Waals surface area contributed by atoms with Gasteiger partial charge in [0.2, 0.25) is 11.8 Å². The maximum Gasteiger partial charge on any atom is 0.243 e. The quantitative estimate of drug-likeness (QED) is 0.479. The Kier molecular flexibility index (Phi) is 10.9. The fourth-order valence-electron chi connectivity index (χ4n) is 4.57. The highest BCUT2D eigenvalue weighted by Crippen LogP contribution is 2.31. The van der Waals surface area contributed by atoms with Gasteiger partial charge in [0.1, 0.15) is 17.9 Å². The molecule has 3 N–H and O–H groups in total. The third-order valence-corrected chi connectivity index (χ3v) is 7.89. The molecule has 3 unspecified atom stereocenters. The van der Waals surface area contributed by atoms with Gasteiger partial charge in [-0.25, -0.2) is 0 Å². The lowest BCUT2D eigenvalue weighted by Gasteiger charge is -2.28. The Labute approximate surface area is 224 Å². The van der Waals surface area contributed by atoms with Crippen molar-refractivity contribution in [3.05, 3.63) is 35.5 Å². The molecule has 2 aromatic rings. The van der Waals surface area contributed by atoms with E-state index in [9.17, 15) is 14.7 Å². The SMILES string of the molecule is CC.CC(C)C(C)C(=O)N1CC(O)CC1C(=O)NCc1ccc(-c2cncs2)cc1OC1CCNCC1. The summed E-state index contributed by atoms with van der Waals surface area (Å²) < 4.78 is 6.41. The molecule has 3 heterocycles. The molecule has 0 bridgehead atoms. The maximum absolute atomic E-state index is 13.2. The minimum absolute atomic E-state index is 0.0828. The van der Waals surface area contributed by atoms with E-state index in [1.165, 1.54) is 0 Å². The zero-order chi connectivity index (χ0) is 26.9. The molecule has 2 aliphatic rings. The fraction of sp³-hybridized carbons (Fsp3) is 0.607. The number of ether oxygens (including phenoxy) is 1. The molecule has 8 nitrogen and oxygen atoms in total. The second kappa shape index (κ2) is 13.9. The van der Waals surface area contributed by atoms with Gasteiger partial charge in [0.15, 0.2) is 0 Å². The van der Waals surface area contributed by atoms with Crippen molar-refractivity contribution in [3.63, 3.8) is 0 Å². The molecule has 1 aromatic carbocycles. The Balaban J connectivity index is 0.00000186. The second-order valence-corrected chi connectivity index (χ2v) is 10.8. The van der Waals surface area contributed by atoms with Crippen molar-refractivity contribution in [1.82, 2.24) is 20.5 Å². The van der Waals surface area contributed by atoms with Crippen LogP contribution in [0.1, 0.15) is 59.4 Å². The molecule has 2 aliphatic heterocycles. The summed E-state index contributed by atoms with van der Waals surface area (Å²) in [6, 6.07) is 5.36. The summed E-state index contributed by atoms with van der Waals surface area (Å²) in [7, 11) is 0. The number of likely N-dealkylation sites (tertiary alicyclic amines) is 1. The second-order valence-electron chi connectivity index (χ2n) is 9.90. The Morgan fingerprint density at radius 2 is 1.97 bits per heavy atom. The lowest BCUT2D eigenvalue weighted by Crippen LogP contribution is -2.48. The average molecular weight is 531 g/mol. The van der Waals surface area contributed by atoms with Gasteiger partial charge in [-0.1, -0.05) is 46.8 Å². The van der Waals surface area contributed by atoms with E-state index in [-0.39, 0.29) is 49.3 Å². The van der Waals surface area contributed by atoms with Crippen molar-refractivity contribution in [2.24, 2.45) is 11.8 Å². The minimum Gasteiger partial charge on any atom is -0.490 e. The van der Waals surface area contributed by atoms with E-state index in [1.807, 2.05) is 59.0 Å². The van der Waals surface area contributed by atoms with E-state index in [0.717, 1.165) is 47.7 Å². The lowest BCUT2D eigenvalue weighted by molar-refractivity contribution is -0.142. The highest BCUT2D eigenvalue weighted by molar-refractivity contribution is 7.13. The van der Waals surface area contributed by atoms with Gasteiger partial charge in [-0.3, -0.25) is 14.6 Å². The van der Waals surface area contributed by atoms with Crippen LogP contribution in [0.5, 0.6) is 5.75 Å². The molecule has 4 rings (SSSR count). The Morgan fingerprint density at radius 1 is 1.24 bits per heavy atom. The van der Waals surface area contributed by atoms with Crippen LogP contribution in [0.3, 0.4) is 0 Å². The largest absolute Gasteiger partial charge is 0.490 e. The molecule has 204 valence electrons. The zero-order valence-corrected chi connectivity index (χ0v) is 23.5. The summed E-state index contributed by atoms with van der Waals surface area (Å²) in [6.45, 7) is 12.2. The third-order valence-electron chi connectivity index (χ3n) is 7.07. The number of thiazole rings is 1. The first kappa shape index (κ1) is 29.1.